The summed E-state index contributed by atoms with van der Waals surface area (Å²) in [5.41, 5.74) is 2.27. The summed E-state index contributed by atoms with van der Waals surface area (Å²) in [4.78, 5) is 28.1. The smallest absolute Gasteiger partial charge is 0.264 e. The highest BCUT2D eigenvalue weighted by atomic mass is 32.1. The third-order valence-electron chi connectivity index (χ3n) is 4.81. The lowest BCUT2D eigenvalue weighted by Gasteiger charge is -2.35. The van der Waals surface area contributed by atoms with E-state index in [9.17, 15) is 9.59 Å². The molecule has 2 amide bonds. The molecule has 2 heterocycles. The zero-order valence-corrected chi connectivity index (χ0v) is 15.5. The molecule has 1 aliphatic heterocycles. The molecule has 2 atom stereocenters. The molecule has 25 heavy (non-hydrogen) atoms. The number of carbonyl (C=O) groups is 2. The lowest BCUT2D eigenvalue weighted by Crippen LogP contribution is -2.52. The summed E-state index contributed by atoms with van der Waals surface area (Å²) in [6.45, 7) is 4.69. The molecule has 0 aliphatic carbocycles. The highest BCUT2D eigenvalue weighted by Gasteiger charge is 2.33. The molecule has 1 fully saturated rings. The SMILES string of the molecule is Cc1ccccc1C(C)NC(=O)C1CCCCN1C(=O)c1cccs1. The summed E-state index contributed by atoms with van der Waals surface area (Å²) in [7, 11) is 0. The average Bonchev–Trinajstić information content (AvgIpc) is 3.16. The van der Waals surface area contributed by atoms with Gasteiger partial charge in [0.05, 0.1) is 10.9 Å². The standard InChI is InChI=1S/C20H24N2O2S/c1-14-8-3-4-9-16(14)15(2)21-19(23)17-10-5-6-12-22(17)20(24)18-11-7-13-25-18/h3-4,7-9,11,13,15,17H,5-6,10,12H2,1-2H3,(H,21,23). The van der Waals surface area contributed by atoms with Crippen molar-refractivity contribution in [3.8, 4) is 0 Å². The number of rotatable bonds is 4. The van der Waals surface area contributed by atoms with Gasteiger partial charge in [-0.25, -0.2) is 0 Å². The third-order valence-corrected chi connectivity index (χ3v) is 5.67. The first-order valence-corrected chi connectivity index (χ1v) is 9.66. The van der Waals surface area contributed by atoms with Crippen molar-refractivity contribution in [2.75, 3.05) is 6.54 Å². The molecule has 2 unspecified atom stereocenters. The summed E-state index contributed by atoms with van der Waals surface area (Å²) >= 11 is 1.43. The second kappa shape index (κ2) is 7.83. The maximum Gasteiger partial charge on any atom is 0.264 e. The van der Waals surface area contributed by atoms with Crippen molar-refractivity contribution in [1.82, 2.24) is 10.2 Å². The van der Waals surface area contributed by atoms with Gasteiger partial charge in [-0.2, -0.15) is 0 Å². The zero-order chi connectivity index (χ0) is 17.8. The van der Waals surface area contributed by atoms with Crippen LogP contribution in [0.3, 0.4) is 0 Å². The summed E-state index contributed by atoms with van der Waals surface area (Å²) in [6.07, 6.45) is 2.66. The molecule has 2 aromatic rings. The topological polar surface area (TPSA) is 49.4 Å². The van der Waals surface area contributed by atoms with E-state index in [0.29, 0.717) is 11.4 Å². The van der Waals surface area contributed by atoms with Crippen LogP contribution < -0.4 is 5.32 Å². The van der Waals surface area contributed by atoms with E-state index in [1.54, 1.807) is 4.90 Å². The fourth-order valence-electron chi connectivity index (χ4n) is 3.45. The monoisotopic (exact) mass is 356 g/mol. The van der Waals surface area contributed by atoms with Crippen molar-refractivity contribution in [2.45, 2.75) is 45.2 Å². The van der Waals surface area contributed by atoms with Gasteiger partial charge in [0.15, 0.2) is 0 Å². The molecule has 0 bridgehead atoms. The van der Waals surface area contributed by atoms with Crippen molar-refractivity contribution >= 4 is 23.2 Å². The molecule has 1 saturated heterocycles. The molecule has 1 aromatic heterocycles. The van der Waals surface area contributed by atoms with E-state index in [0.717, 1.165) is 30.4 Å². The molecule has 4 nitrogen and oxygen atoms in total. The quantitative estimate of drug-likeness (QED) is 0.902. The molecular weight excluding hydrogens is 332 g/mol. The van der Waals surface area contributed by atoms with Crippen LogP contribution in [-0.4, -0.2) is 29.3 Å². The minimum absolute atomic E-state index is 0.0293. The zero-order valence-electron chi connectivity index (χ0n) is 14.7. The lowest BCUT2D eigenvalue weighted by molar-refractivity contribution is -0.127. The third kappa shape index (κ3) is 3.93. The molecule has 0 radical (unpaired) electrons. The van der Waals surface area contributed by atoms with Crippen molar-refractivity contribution < 1.29 is 9.59 Å². The molecule has 1 aromatic carbocycles. The predicted molar refractivity (Wildman–Crippen MR) is 101 cm³/mol. The van der Waals surface area contributed by atoms with E-state index in [2.05, 4.69) is 5.32 Å². The van der Waals surface area contributed by atoms with Gasteiger partial charge < -0.3 is 10.2 Å². The Hall–Kier alpha value is -2.14. The minimum Gasteiger partial charge on any atom is -0.348 e. The van der Waals surface area contributed by atoms with Gasteiger partial charge in [0, 0.05) is 6.54 Å². The number of piperidine rings is 1. The number of likely N-dealkylation sites (tertiary alicyclic amines) is 1. The lowest BCUT2D eigenvalue weighted by atomic mass is 9.99. The first-order chi connectivity index (χ1) is 12.1. The fraction of sp³-hybridized carbons (Fsp3) is 0.400. The van der Waals surface area contributed by atoms with Gasteiger partial charge in [0.2, 0.25) is 5.91 Å². The van der Waals surface area contributed by atoms with Crippen molar-refractivity contribution in [1.29, 1.82) is 0 Å². The average molecular weight is 356 g/mol. The van der Waals surface area contributed by atoms with Gasteiger partial charge >= 0.3 is 0 Å². The Morgan fingerprint density at radius 3 is 2.72 bits per heavy atom. The molecule has 0 spiro atoms. The molecule has 0 saturated carbocycles. The van der Waals surface area contributed by atoms with Crippen LogP contribution in [0.15, 0.2) is 41.8 Å². The van der Waals surface area contributed by atoms with Crippen molar-refractivity contribution in [3.05, 3.63) is 57.8 Å². The number of thiophene rings is 1. The number of benzene rings is 1. The van der Waals surface area contributed by atoms with Crippen LogP contribution in [0.4, 0.5) is 0 Å². The summed E-state index contributed by atoms with van der Waals surface area (Å²) in [5, 5.41) is 5.00. The van der Waals surface area contributed by atoms with Crippen LogP contribution in [0, 0.1) is 6.92 Å². The largest absolute Gasteiger partial charge is 0.348 e. The first kappa shape index (κ1) is 17.7. The molecule has 1 aliphatic rings. The Morgan fingerprint density at radius 1 is 1.20 bits per heavy atom. The van der Waals surface area contributed by atoms with Crippen molar-refractivity contribution in [2.24, 2.45) is 0 Å². The van der Waals surface area contributed by atoms with Crippen LogP contribution in [-0.2, 0) is 4.79 Å². The Balaban J connectivity index is 1.73. The fourth-order valence-corrected chi connectivity index (χ4v) is 4.13. The van der Waals surface area contributed by atoms with E-state index in [-0.39, 0.29) is 23.9 Å². The number of hydrogen-bond donors (Lipinski definition) is 1. The van der Waals surface area contributed by atoms with E-state index >= 15 is 0 Å². The molecule has 132 valence electrons. The van der Waals surface area contributed by atoms with Crippen LogP contribution in [0.1, 0.15) is 53.0 Å². The Bertz CT molecular complexity index is 742. The Kier molecular flexibility index (Phi) is 5.53. The van der Waals surface area contributed by atoms with Gasteiger partial charge in [-0.1, -0.05) is 30.3 Å². The number of nitrogens with zero attached hydrogens (tertiary/aromatic N) is 1. The normalized spacial score (nSPS) is 18.6. The summed E-state index contributed by atoms with van der Waals surface area (Å²) < 4.78 is 0. The second-order valence-corrected chi connectivity index (χ2v) is 7.52. The molecular formula is C20H24N2O2S. The highest BCUT2D eigenvalue weighted by molar-refractivity contribution is 7.12. The maximum atomic E-state index is 12.9. The van der Waals surface area contributed by atoms with E-state index in [1.165, 1.54) is 11.3 Å². The molecule has 1 N–H and O–H groups in total. The number of nitrogens with one attached hydrogen (secondary N) is 1. The van der Waals surface area contributed by atoms with Gasteiger partial charge in [-0.05, 0) is 55.7 Å². The minimum atomic E-state index is -0.380. The van der Waals surface area contributed by atoms with E-state index in [1.807, 2.05) is 55.6 Å². The van der Waals surface area contributed by atoms with Gasteiger partial charge in [0.25, 0.3) is 5.91 Å². The van der Waals surface area contributed by atoms with E-state index < -0.39 is 0 Å². The number of hydrogen-bond acceptors (Lipinski definition) is 3. The van der Waals surface area contributed by atoms with Crippen LogP contribution in [0.2, 0.25) is 0 Å². The number of aryl methyl sites for hydroxylation is 1. The van der Waals surface area contributed by atoms with Gasteiger partial charge in [0.1, 0.15) is 6.04 Å². The van der Waals surface area contributed by atoms with Gasteiger partial charge in [-0.15, -0.1) is 11.3 Å². The maximum absolute atomic E-state index is 12.9. The van der Waals surface area contributed by atoms with Crippen molar-refractivity contribution in [3.63, 3.8) is 0 Å². The van der Waals surface area contributed by atoms with Crippen LogP contribution in [0.25, 0.3) is 0 Å². The number of carbonyl (C=O) groups excluding carboxylic acids is 2. The number of amides is 2. The Labute approximate surface area is 152 Å². The van der Waals surface area contributed by atoms with Crippen LogP contribution in [0.5, 0.6) is 0 Å². The second-order valence-electron chi connectivity index (χ2n) is 6.57. The highest BCUT2D eigenvalue weighted by Crippen LogP contribution is 2.23. The predicted octanol–water partition coefficient (Wildman–Crippen LogP) is 3.93. The first-order valence-electron chi connectivity index (χ1n) is 8.78. The van der Waals surface area contributed by atoms with Gasteiger partial charge in [-0.3, -0.25) is 9.59 Å². The van der Waals surface area contributed by atoms with E-state index in [4.69, 9.17) is 0 Å². The summed E-state index contributed by atoms with van der Waals surface area (Å²) in [5.74, 6) is -0.0845. The molecule has 3 rings (SSSR count). The Morgan fingerprint density at radius 2 is 2.00 bits per heavy atom. The molecule has 5 heteroatoms. The van der Waals surface area contributed by atoms with Crippen LogP contribution >= 0.6 is 11.3 Å². The summed E-state index contributed by atoms with van der Waals surface area (Å²) in [6, 6.07) is 11.3.